The van der Waals surface area contributed by atoms with E-state index in [1.54, 1.807) is 26.1 Å². The first-order valence-corrected chi connectivity index (χ1v) is 7.83. The predicted octanol–water partition coefficient (Wildman–Crippen LogP) is 3.07. The van der Waals surface area contributed by atoms with Crippen LogP contribution in [0.1, 0.15) is 28.4 Å². The maximum Gasteiger partial charge on any atom is 0.154 e. The number of hydrogen-bond donors (Lipinski definition) is 2. The highest BCUT2D eigenvalue weighted by atomic mass is 19.1. The first kappa shape index (κ1) is 16.0. The Morgan fingerprint density at radius 1 is 1.30 bits per heavy atom. The van der Waals surface area contributed by atoms with Crippen molar-refractivity contribution in [2.24, 2.45) is 0 Å². The average molecular weight is 315 g/mol. The van der Waals surface area contributed by atoms with Crippen molar-refractivity contribution in [3.05, 3.63) is 64.5 Å². The molecule has 4 heteroatoms. The van der Waals surface area contributed by atoms with E-state index < -0.39 is 11.7 Å². The van der Waals surface area contributed by atoms with E-state index in [0.29, 0.717) is 24.3 Å². The van der Waals surface area contributed by atoms with E-state index in [1.807, 2.05) is 19.1 Å². The third-order valence-corrected chi connectivity index (χ3v) is 4.51. The lowest BCUT2D eigenvalue weighted by molar-refractivity contribution is -0.0488. The van der Waals surface area contributed by atoms with Gasteiger partial charge in [-0.2, -0.15) is 0 Å². The minimum Gasteiger partial charge on any atom is -0.482 e. The van der Waals surface area contributed by atoms with E-state index >= 15 is 0 Å². The van der Waals surface area contributed by atoms with Gasteiger partial charge in [0, 0.05) is 18.5 Å². The third-order valence-electron chi connectivity index (χ3n) is 4.51. The van der Waals surface area contributed by atoms with Gasteiger partial charge in [-0.25, -0.2) is 4.39 Å². The van der Waals surface area contributed by atoms with Gasteiger partial charge in [0.25, 0.3) is 0 Å². The highest BCUT2D eigenvalue weighted by Crippen LogP contribution is 2.43. The molecule has 2 aromatic carbocycles. The number of halogens is 1. The van der Waals surface area contributed by atoms with Crippen molar-refractivity contribution in [2.45, 2.75) is 32.0 Å². The topological polar surface area (TPSA) is 41.5 Å². The lowest BCUT2D eigenvalue weighted by Crippen LogP contribution is -2.45. The number of likely N-dealkylation sites (N-methyl/N-ethyl adjacent to an activating group) is 1. The van der Waals surface area contributed by atoms with Crippen LogP contribution < -0.4 is 10.1 Å². The van der Waals surface area contributed by atoms with Gasteiger partial charge in [-0.15, -0.1) is 0 Å². The van der Waals surface area contributed by atoms with Crippen LogP contribution in [-0.2, 0) is 6.42 Å². The molecule has 122 valence electrons. The quantitative estimate of drug-likeness (QED) is 0.911. The molecule has 0 spiro atoms. The van der Waals surface area contributed by atoms with Gasteiger partial charge in [0.2, 0.25) is 0 Å². The largest absolute Gasteiger partial charge is 0.482 e. The molecule has 0 radical (unpaired) electrons. The summed E-state index contributed by atoms with van der Waals surface area (Å²) in [5, 5.41) is 14.1. The molecule has 2 atom stereocenters. The third kappa shape index (κ3) is 2.84. The molecule has 1 aliphatic carbocycles. The van der Waals surface area contributed by atoms with Gasteiger partial charge in [0.05, 0.1) is 0 Å². The molecule has 0 heterocycles. The highest BCUT2D eigenvalue weighted by Gasteiger charge is 2.46. The van der Waals surface area contributed by atoms with Gasteiger partial charge >= 0.3 is 0 Å². The Hall–Kier alpha value is -1.91. The molecule has 0 saturated heterocycles. The Labute approximate surface area is 136 Å². The number of hydrogen-bond acceptors (Lipinski definition) is 3. The van der Waals surface area contributed by atoms with Crippen LogP contribution in [0.25, 0.3) is 0 Å². The maximum absolute atomic E-state index is 13.8. The van der Waals surface area contributed by atoms with E-state index in [9.17, 15) is 9.50 Å². The van der Waals surface area contributed by atoms with E-state index in [-0.39, 0.29) is 5.82 Å². The molecule has 2 N–H and O–H groups in total. The fourth-order valence-electron chi connectivity index (χ4n) is 3.33. The molecule has 0 saturated carbocycles. The van der Waals surface area contributed by atoms with Crippen molar-refractivity contribution in [1.82, 2.24) is 5.32 Å². The molecule has 0 amide bonds. The SMILES string of the molecule is CNCC1(O)Cc2cc(C)ccc2C1Oc1cccc(F)c1C. The van der Waals surface area contributed by atoms with Crippen LogP contribution in [0.2, 0.25) is 0 Å². The van der Waals surface area contributed by atoms with Gasteiger partial charge in [-0.3, -0.25) is 0 Å². The molecule has 0 fully saturated rings. The molecular formula is C19H22FNO2. The summed E-state index contributed by atoms with van der Waals surface area (Å²) in [6.07, 6.45) is -0.00443. The average Bonchev–Trinajstić information content (AvgIpc) is 2.75. The summed E-state index contributed by atoms with van der Waals surface area (Å²) in [5.41, 5.74) is 2.61. The summed E-state index contributed by atoms with van der Waals surface area (Å²) in [6, 6.07) is 10.9. The molecule has 2 aromatic rings. The number of ether oxygens (including phenoxy) is 1. The fourth-order valence-corrected chi connectivity index (χ4v) is 3.33. The summed E-state index contributed by atoms with van der Waals surface area (Å²) < 4.78 is 19.9. The number of aryl methyl sites for hydroxylation is 1. The second kappa shape index (κ2) is 5.95. The van der Waals surface area contributed by atoms with E-state index in [0.717, 1.165) is 16.7 Å². The van der Waals surface area contributed by atoms with E-state index in [1.165, 1.54) is 6.07 Å². The van der Waals surface area contributed by atoms with Crippen LogP contribution in [0.5, 0.6) is 5.75 Å². The lowest BCUT2D eigenvalue weighted by Gasteiger charge is -2.31. The molecule has 0 aromatic heterocycles. The van der Waals surface area contributed by atoms with Crippen LogP contribution in [0.4, 0.5) is 4.39 Å². The first-order chi connectivity index (χ1) is 10.9. The summed E-state index contributed by atoms with van der Waals surface area (Å²) >= 11 is 0. The zero-order valence-electron chi connectivity index (χ0n) is 13.7. The number of rotatable bonds is 4. The summed E-state index contributed by atoms with van der Waals surface area (Å²) in [7, 11) is 1.80. The summed E-state index contributed by atoms with van der Waals surface area (Å²) in [6.45, 7) is 4.12. The second-order valence-corrected chi connectivity index (χ2v) is 6.37. The Morgan fingerprint density at radius 3 is 2.83 bits per heavy atom. The lowest BCUT2D eigenvalue weighted by atomic mass is 9.97. The van der Waals surface area contributed by atoms with Crippen LogP contribution in [-0.4, -0.2) is 24.3 Å². The van der Waals surface area contributed by atoms with Crippen molar-refractivity contribution in [3.8, 4) is 5.75 Å². The number of nitrogens with one attached hydrogen (secondary N) is 1. The van der Waals surface area contributed by atoms with Gasteiger partial charge < -0.3 is 15.2 Å². The molecular weight excluding hydrogens is 293 g/mol. The number of benzene rings is 2. The zero-order chi connectivity index (χ0) is 16.6. The smallest absolute Gasteiger partial charge is 0.154 e. The monoisotopic (exact) mass is 315 g/mol. The number of fused-ring (bicyclic) bond motifs is 1. The normalized spacial score (nSPS) is 22.9. The Morgan fingerprint density at radius 2 is 2.09 bits per heavy atom. The minimum absolute atomic E-state index is 0.304. The molecule has 23 heavy (non-hydrogen) atoms. The molecule has 1 aliphatic rings. The van der Waals surface area contributed by atoms with Crippen molar-refractivity contribution in [1.29, 1.82) is 0 Å². The summed E-state index contributed by atoms with van der Waals surface area (Å²) in [5.74, 6) is 0.166. The molecule has 3 rings (SSSR count). The van der Waals surface area contributed by atoms with Gasteiger partial charge in [-0.1, -0.05) is 29.8 Å². The van der Waals surface area contributed by atoms with E-state index in [2.05, 4.69) is 11.4 Å². The van der Waals surface area contributed by atoms with E-state index in [4.69, 9.17) is 4.74 Å². The molecule has 3 nitrogen and oxygen atoms in total. The molecule has 0 bridgehead atoms. The predicted molar refractivity (Wildman–Crippen MR) is 88.3 cm³/mol. The Kier molecular flexibility index (Phi) is 4.13. The zero-order valence-corrected chi connectivity index (χ0v) is 13.7. The van der Waals surface area contributed by atoms with Crippen molar-refractivity contribution >= 4 is 0 Å². The summed E-state index contributed by atoms with van der Waals surface area (Å²) in [4.78, 5) is 0. The highest BCUT2D eigenvalue weighted by molar-refractivity contribution is 5.43. The van der Waals surface area contributed by atoms with Crippen LogP contribution in [0.15, 0.2) is 36.4 Å². The fraction of sp³-hybridized carbons (Fsp3) is 0.368. The van der Waals surface area contributed by atoms with Gasteiger partial charge in [0.1, 0.15) is 17.2 Å². The Balaban J connectivity index is 2.02. The van der Waals surface area contributed by atoms with Crippen LogP contribution in [0, 0.1) is 19.7 Å². The molecule has 2 unspecified atom stereocenters. The van der Waals surface area contributed by atoms with Crippen molar-refractivity contribution in [2.75, 3.05) is 13.6 Å². The maximum atomic E-state index is 13.8. The van der Waals surface area contributed by atoms with Crippen molar-refractivity contribution < 1.29 is 14.2 Å². The Bertz CT molecular complexity index is 731. The van der Waals surface area contributed by atoms with Crippen LogP contribution >= 0.6 is 0 Å². The number of aliphatic hydroxyl groups is 1. The standard InChI is InChI=1S/C19H22FNO2/c1-12-7-8-15-14(9-12)10-19(22,11-21-3)18(15)23-17-6-4-5-16(20)13(17)2/h4-9,18,21-22H,10-11H2,1-3H3. The second-order valence-electron chi connectivity index (χ2n) is 6.37. The first-order valence-electron chi connectivity index (χ1n) is 7.83. The van der Waals surface area contributed by atoms with Crippen molar-refractivity contribution in [3.63, 3.8) is 0 Å². The van der Waals surface area contributed by atoms with Gasteiger partial charge in [0.15, 0.2) is 6.10 Å². The molecule has 0 aliphatic heterocycles. The van der Waals surface area contributed by atoms with Gasteiger partial charge in [-0.05, 0) is 44.2 Å². The minimum atomic E-state index is -1.05. The van der Waals surface area contributed by atoms with Crippen LogP contribution in [0.3, 0.4) is 0 Å².